The molecule has 0 bridgehead atoms. The van der Waals surface area contributed by atoms with Crippen LogP contribution in [0.5, 0.6) is 5.75 Å². The molecule has 4 aromatic carbocycles. The second-order valence-corrected chi connectivity index (χ2v) is 9.49. The van der Waals surface area contributed by atoms with Crippen molar-refractivity contribution >= 4 is 28.5 Å². The van der Waals surface area contributed by atoms with Gasteiger partial charge in [-0.25, -0.2) is 9.18 Å². The van der Waals surface area contributed by atoms with Gasteiger partial charge < -0.3 is 14.0 Å². The first kappa shape index (κ1) is 25.6. The van der Waals surface area contributed by atoms with Gasteiger partial charge in [0.2, 0.25) is 0 Å². The highest BCUT2D eigenvalue weighted by molar-refractivity contribution is 6.31. The van der Waals surface area contributed by atoms with Crippen LogP contribution in [-0.2, 0) is 11.2 Å². The molecule has 0 atom stereocenters. The lowest BCUT2D eigenvalue weighted by Gasteiger charge is -2.23. The number of benzene rings is 4. The highest BCUT2D eigenvalue weighted by Gasteiger charge is 2.23. The summed E-state index contributed by atoms with van der Waals surface area (Å²) < 4.78 is 27.2. The second-order valence-electron chi connectivity index (χ2n) is 9.05. The standard InChI is InChI=1S/C32H27ClFNO3/c1-21-26(17-18-38-25-14-15-27(29(34)20-25)32(36)37-2)28-19-24(33)13-16-30(28)35(21)31(22-9-5-3-6-10-22)23-11-7-4-8-12-23/h3-16,19-20,31H,17-18H2,1-2H3. The van der Waals surface area contributed by atoms with Gasteiger partial charge in [0.05, 0.1) is 25.3 Å². The Bertz CT molecular complexity index is 1540. The van der Waals surface area contributed by atoms with Gasteiger partial charge >= 0.3 is 5.97 Å². The second kappa shape index (κ2) is 11.1. The number of rotatable bonds is 8. The highest BCUT2D eigenvalue weighted by atomic mass is 35.5. The Hall–Kier alpha value is -4.09. The lowest BCUT2D eigenvalue weighted by Crippen LogP contribution is -2.14. The van der Waals surface area contributed by atoms with E-state index >= 15 is 0 Å². The molecule has 0 radical (unpaired) electrons. The van der Waals surface area contributed by atoms with Gasteiger partial charge in [0.25, 0.3) is 0 Å². The summed E-state index contributed by atoms with van der Waals surface area (Å²) in [6.07, 6.45) is 0.590. The van der Waals surface area contributed by atoms with Gasteiger partial charge in [0, 0.05) is 34.1 Å². The molecule has 0 spiro atoms. The first-order valence-electron chi connectivity index (χ1n) is 12.4. The molecule has 38 heavy (non-hydrogen) atoms. The Morgan fingerprint density at radius 2 is 1.58 bits per heavy atom. The minimum atomic E-state index is -0.722. The molecule has 6 heteroatoms. The number of carbonyl (C=O) groups excluding carboxylic acids is 1. The number of hydrogen-bond donors (Lipinski definition) is 0. The van der Waals surface area contributed by atoms with Crippen LogP contribution in [0.3, 0.4) is 0 Å². The molecule has 0 saturated carbocycles. The molecule has 0 aliphatic carbocycles. The molecular weight excluding hydrogens is 501 g/mol. The summed E-state index contributed by atoms with van der Waals surface area (Å²) in [6, 6.07) is 31.0. The predicted octanol–water partition coefficient (Wildman–Crippen LogP) is 7.79. The predicted molar refractivity (Wildman–Crippen MR) is 149 cm³/mol. The number of carbonyl (C=O) groups is 1. The molecule has 5 aromatic rings. The maximum atomic E-state index is 14.4. The van der Waals surface area contributed by atoms with Crippen molar-refractivity contribution in [1.82, 2.24) is 4.57 Å². The fraction of sp³-hybridized carbons (Fsp3) is 0.156. The van der Waals surface area contributed by atoms with Crippen molar-refractivity contribution in [2.75, 3.05) is 13.7 Å². The van der Waals surface area contributed by atoms with Crippen LogP contribution in [0.2, 0.25) is 5.02 Å². The molecular formula is C32H27ClFNO3. The number of fused-ring (bicyclic) bond motifs is 1. The normalized spacial score (nSPS) is 11.2. The fourth-order valence-electron chi connectivity index (χ4n) is 5.02. The number of hydrogen-bond acceptors (Lipinski definition) is 3. The maximum Gasteiger partial charge on any atom is 0.340 e. The molecule has 4 nitrogen and oxygen atoms in total. The van der Waals surface area contributed by atoms with Crippen LogP contribution in [0.25, 0.3) is 10.9 Å². The van der Waals surface area contributed by atoms with Gasteiger partial charge in [-0.1, -0.05) is 72.3 Å². The number of methoxy groups -OCH3 is 1. The fourth-order valence-corrected chi connectivity index (χ4v) is 5.19. The van der Waals surface area contributed by atoms with Crippen molar-refractivity contribution in [3.63, 3.8) is 0 Å². The zero-order valence-corrected chi connectivity index (χ0v) is 21.9. The molecule has 192 valence electrons. The SMILES string of the molecule is COC(=O)c1ccc(OCCc2c(C)n(C(c3ccccc3)c3ccccc3)c3ccc(Cl)cc23)cc1F. The Balaban J connectivity index is 1.52. The third-order valence-electron chi connectivity index (χ3n) is 6.80. The molecule has 0 aliphatic rings. The van der Waals surface area contributed by atoms with Crippen LogP contribution in [0.15, 0.2) is 97.1 Å². The minimum Gasteiger partial charge on any atom is -0.493 e. The number of nitrogens with zero attached hydrogens (tertiary/aromatic N) is 1. The van der Waals surface area contributed by atoms with Crippen LogP contribution in [0, 0.1) is 12.7 Å². The summed E-state index contributed by atoms with van der Waals surface area (Å²) in [5.74, 6) is -1.05. The van der Waals surface area contributed by atoms with Crippen molar-refractivity contribution in [1.29, 1.82) is 0 Å². The molecule has 1 aromatic heterocycles. The van der Waals surface area contributed by atoms with E-state index in [4.69, 9.17) is 16.3 Å². The smallest absolute Gasteiger partial charge is 0.340 e. The Morgan fingerprint density at radius 1 is 0.921 bits per heavy atom. The monoisotopic (exact) mass is 527 g/mol. The van der Waals surface area contributed by atoms with Crippen molar-refractivity contribution in [2.45, 2.75) is 19.4 Å². The number of halogens is 2. The highest BCUT2D eigenvalue weighted by Crippen LogP contribution is 2.37. The van der Waals surface area contributed by atoms with Crippen LogP contribution >= 0.6 is 11.6 Å². The summed E-state index contributed by atoms with van der Waals surface area (Å²) in [5.41, 5.74) is 5.53. The van der Waals surface area contributed by atoms with Crippen LogP contribution in [0.4, 0.5) is 4.39 Å². The number of ether oxygens (including phenoxy) is 2. The zero-order chi connectivity index (χ0) is 26.6. The summed E-state index contributed by atoms with van der Waals surface area (Å²) in [6.45, 7) is 2.44. The lowest BCUT2D eigenvalue weighted by atomic mass is 9.98. The van der Waals surface area contributed by atoms with Gasteiger partial charge in [-0.3, -0.25) is 0 Å². The Morgan fingerprint density at radius 3 is 2.18 bits per heavy atom. The van der Waals surface area contributed by atoms with E-state index in [0.29, 0.717) is 23.8 Å². The summed E-state index contributed by atoms with van der Waals surface area (Å²) >= 11 is 6.45. The largest absolute Gasteiger partial charge is 0.493 e. The molecule has 0 fully saturated rings. The van der Waals surface area contributed by atoms with Gasteiger partial charge in [0.1, 0.15) is 11.6 Å². The van der Waals surface area contributed by atoms with Crippen molar-refractivity contribution in [3.05, 3.63) is 136 Å². The average Bonchev–Trinajstić information content (AvgIpc) is 3.20. The van der Waals surface area contributed by atoms with E-state index in [9.17, 15) is 9.18 Å². The molecule has 0 aliphatic heterocycles. The van der Waals surface area contributed by atoms with Crippen LogP contribution in [0.1, 0.15) is 38.8 Å². The van der Waals surface area contributed by atoms with E-state index in [-0.39, 0.29) is 11.6 Å². The van der Waals surface area contributed by atoms with E-state index in [1.165, 1.54) is 30.4 Å². The topological polar surface area (TPSA) is 40.5 Å². The number of esters is 1. The molecule has 0 unspecified atom stereocenters. The first-order valence-corrected chi connectivity index (χ1v) is 12.7. The van der Waals surface area contributed by atoms with Gasteiger partial charge in [-0.15, -0.1) is 0 Å². The first-order chi connectivity index (χ1) is 18.5. The third-order valence-corrected chi connectivity index (χ3v) is 7.03. The van der Waals surface area contributed by atoms with E-state index in [1.807, 2.05) is 24.3 Å². The minimum absolute atomic E-state index is 0.0318. The third kappa shape index (κ3) is 5.02. The maximum absolute atomic E-state index is 14.4. The van der Waals surface area contributed by atoms with E-state index < -0.39 is 11.8 Å². The summed E-state index contributed by atoms with van der Waals surface area (Å²) in [7, 11) is 1.22. The zero-order valence-electron chi connectivity index (χ0n) is 21.2. The summed E-state index contributed by atoms with van der Waals surface area (Å²) in [5, 5.41) is 1.72. The van der Waals surface area contributed by atoms with Gasteiger partial charge in [0.15, 0.2) is 0 Å². The molecule has 5 rings (SSSR count). The van der Waals surface area contributed by atoms with E-state index in [2.05, 4.69) is 70.8 Å². The van der Waals surface area contributed by atoms with Gasteiger partial charge in [-0.2, -0.15) is 0 Å². The quantitative estimate of drug-likeness (QED) is 0.193. The van der Waals surface area contributed by atoms with E-state index in [1.54, 1.807) is 6.07 Å². The lowest BCUT2D eigenvalue weighted by molar-refractivity contribution is 0.0595. The molecule has 0 N–H and O–H groups in total. The van der Waals surface area contributed by atoms with Crippen LogP contribution in [-0.4, -0.2) is 24.3 Å². The van der Waals surface area contributed by atoms with Crippen LogP contribution < -0.4 is 4.74 Å². The van der Waals surface area contributed by atoms with Crippen molar-refractivity contribution < 1.29 is 18.7 Å². The van der Waals surface area contributed by atoms with Crippen molar-refractivity contribution in [3.8, 4) is 5.75 Å². The van der Waals surface area contributed by atoms with Crippen molar-refractivity contribution in [2.24, 2.45) is 0 Å². The number of aromatic nitrogens is 1. The molecule has 0 amide bonds. The molecule has 1 heterocycles. The Labute approximate surface area is 226 Å². The van der Waals surface area contributed by atoms with Gasteiger partial charge in [-0.05, 0) is 53.9 Å². The average molecular weight is 528 g/mol. The Kier molecular flexibility index (Phi) is 7.47. The van der Waals surface area contributed by atoms with E-state index in [0.717, 1.165) is 22.2 Å². The molecule has 0 saturated heterocycles. The summed E-state index contributed by atoms with van der Waals surface area (Å²) in [4.78, 5) is 11.7.